The minimum absolute atomic E-state index is 0.128. The number of fused-ring (bicyclic) bond motifs is 1. The van der Waals surface area contributed by atoms with Gasteiger partial charge in [0.2, 0.25) is 5.91 Å². The minimum Gasteiger partial charge on any atom is -0.508 e. The molecule has 10 nitrogen and oxygen atoms in total. The Labute approximate surface area is 183 Å². The van der Waals surface area contributed by atoms with Crippen LogP contribution in [0.4, 0.5) is 5.69 Å². The second-order valence-electron chi connectivity index (χ2n) is 7.31. The Morgan fingerprint density at radius 1 is 1.16 bits per heavy atom. The summed E-state index contributed by atoms with van der Waals surface area (Å²) >= 11 is 0. The van der Waals surface area contributed by atoms with Crippen molar-refractivity contribution in [1.29, 1.82) is 0 Å². The molecule has 4 N–H and O–H groups in total. The lowest BCUT2D eigenvalue weighted by molar-refractivity contribution is -0.116. The lowest BCUT2D eigenvalue weighted by Gasteiger charge is -2.11. The van der Waals surface area contributed by atoms with Crippen molar-refractivity contribution in [2.45, 2.75) is 26.7 Å². The normalized spacial score (nSPS) is 10.9. The molecule has 0 saturated carbocycles. The van der Waals surface area contributed by atoms with E-state index in [1.165, 1.54) is 18.6 Å². The van der Waals surface area contributed by atoms with Crippen LogP contribution in [0.15, 0.2) is 42.9 Å². The first-order valence-electron chi connectivity index (χ1n) is 9.88. The molecule has 3 aromatic heterocycles. The number of phenols is 1. The highest BCUT2D eigenvalue weighted by atomic mass is 16.3. The molecule has 4 aromatic rings. The molecule has 0 unspecified atom stereocenters. The van der Waals surface area contributed by atoms with Crippen LogP contribution in [0.2, 0.25) is 0 Å². The zero-order valence-electron chi connectivity index (χ0n) is 17.5. The first-order valence-corrected chi connectivity index (χ1v) is 9.88. The molecule has 0 bridgehead atoms. The summed E-state index contributed by atoms with van der Waals surface area (Å²) in [6.45, 7) is 3.69. The number of aryl methyl sites for hydroxylation is 2. The molecule has 2 amide bonds. The van der Waals surface area contributed by atoms with Gasteiger partial charge in [0.1, 0.15) is 11.3 Å². The Kier molecular flexibility index (Phi) is 5.50. The van der Waals surface area contributed by atoms with E-state index in [1.54, 1.807) is 28.8 Å². The van der Waals surface area contributed by atoms with Crippen molar-refractivity contribution < 1.29 is 14.7 Å². The molecular weight excluding hydrogens is 410 g/mol. The summed E-state index contributed by atoms with van der Waals surface area (Å²) in [5.74, 6) is -0.214. The highest BCUT2D eigenvalue weighted by Gasteiger charge is 2.17. The number of amides is 2. The van der Waals surface area contributed by atoms with Crippen molar-refractivity contribution in [3.8, 4) is 17.1 Å². The Hall–Kier alpha value is -4.34. The second-order valence-corrected chi connectivity index (χ2v) is 7.31. The van der Waals surface area contributed by atoms with E-state index in [1.807, 2.05) is 13.8 Å². The van der Waals surface area contributed by atoms with Gasteiger partial charge in [0.05, 0.1) is 24.3 Å². The number of hydrogen-bond acceptors (Lipinski definition) is 7. The molecule has 32 heavy (non-hydrogen) atoms. The second kappa shape index (κ2) is 8.42. The molecule has 0 aliphatic carbocycles. The van der Waals surface area contributed by atoms with Crippen molar-refractivity contribution in [2.75, 3.05) is 5.32 Å². The maximum atomic E-state index is 12.5. The lowest BCUT2D eigenvalue weighted by atomic mass is 10.1. The molecule has 1 aromatic carbocycles. The lowest BCUT2D eigenvalue weighted by Crippen LogP contribution is -2.15. The average molecular weight is 431 g/mol. The maximum absolute atomic E-state index is 12.5. The summed E-state index contributed by atoms with van der Waals surface area (Å²) in [4.78, 5) is 36.9. The first kappa shape index (κ1) is 20.9. The standard InChI is InChI=1S/C22H21N7O3/c1-12-17(13(2)29-22(27-12)18(11-26-29)20(23)32)6-7-19(31)28-15-9-24-21(25-10-15)14-4-3-5-16(30)8-14/h3-5,8-11,30H,6-7H2,1-2H3,(H2,23,32)(H,28,31). The van der Waals surface area contributed by atoms with Crippen LogP contribution in [-0.2, 0) is 11.2 Å². The van der Waals surface area contributed by atoms with Gasteiger partial charge in [0.15, 0.2) is 11.5 Å². The molecule has 0 fully saturated rings. The number of aromatic nitrogens is 5. The van der Waals surface area contributed by atoms with Crippen LogP contribution in [0.5, 0.6) is 5.75 Å². The van der Waals surface area contributed by atoms with Crippen molar-refractivity contribution in [3.63, 3.8) is 0 Å². The number of primary amides is 1. The number of nitrogens with zero attached hydrogens (tertiary/aromatic N) is 5. The molecule has 10 heteroatoms. The van der Waals surface area contributed by atoms with E-state index in [4.69, 9.17) is 5.73 Å². The highest BCUT2D eigenvalue weighted by Crippen LogP contribution is 2.21. The Morgan fingerprint density at radius 3 is 2.59 bits per heavy atom. The van der Waals surface area contributed by atoms with E-state index < -0.39 is 5.91 Å². The number of nitrogens with two attached hydrogens (primary N) is 1. The number of aromatic hydroxyl groups is 1. The van der Waals surface area contributed by atoms with Crippen LogP contribution in [0.1, 0.15) is 33.7 Å². The molecule has 162 valence electrons. The topological polar surface area (TPSA) is 148 Å². The summed E-state index contributed by atoms with van der Waals surface area (Å²) in [6, 6.07) is 6.62. The average Bonchev–Trinajstić information content (AvgIpc) is 3.18. The molecule has 3 heterocycles. The Morgan fingerprint density at radius 2 is 1.91 bits per heavy atom. The van der Waals surface area contributed by atoms with Gasteiger partial charge in [-0.2, -0.15) is 5.10 Å². The predicted molar refractivity (Wildman–Crippen MR) is 117 cm³/mol. The van der Waals surface area contributed by atoms with Gasteiger partial charge in [0.25, 0.3) is 5.91 Å². The minimum atomic E-state index is -0.587. The number of nitrogens with one attached hydrogen (secondary N) is 1. The zero-order chi connectivity index (χ0) is 22.8. The van der Waals surface area contributed by atoms with Crippen molar-refractivity contribution in [2.24, 2.45) is 5.73 Å². The highest BCUT2D eigenvalue weighted by molar-refractivity contribution is 5.98. The molecule has 0 radical (unpaired) electrons. The van der Waals surface area contributed by atoms with Gasteiger partial charge < -0.3 is 16.2 Å². The van der Waals surface area contributed by atoms with E-state index in [9.17, 15) is 14.7 Å². The molecule has 0 saturated heterocycles. The molecule has 0 atom stereocenters. The van der Waals surface area contributed by atoms with Crippen molar-refractivity contribution in [3.05, 3.63) is 65.4 Å². The maximum Gasteiger partial charge on any atom is 0.254 e. The number of carbonyl (C=O) groups is 2. The monoisotopic (exact) mass is 431 g/mol. The number of rotatable bonds is 6. The van der Waals surface area contributed by atoms with Gasteiger partial charge in [-0.25, -0.2) is 19.5 Å². The molecular formula is C22H21N7O3. The fraction of sp³-hybridized carbons (Fsp3) is 0.182. The van der Waals surface area contributed by atoms with E-state index in [0.29, 0.717) is 34.8 Å². The molecule has 4 rings (SSSR count). The van der Waals surface area contributed by atoms with Crippen LogP contribution in [-0.4, -0.2) is 41.5 Å². The van der Waals surface area contributed by atoms with Crippen molar-refractivity contribution in [1.82, 2.24) is 24.6 Å². The smallest absolute Gasteiger partial charge is 0.254 e. The number of carbonyl (C=O) groups excluding carboxylic acids is 2. The number of benzene rings is 1. The fourth-order valence-electron chi connectivity index (χ4n) is 3.50. The van der Waals surface area contributed by atoms with Crippen LogP contribution in [0.25, 0.3) is 17.0 Å². The van der Waals surface area contributed by atoms with E-state index in [-0.39, 0.29) is 23.6 Å². The Bertz CT molecular complexity index is 1330. The van der Waals surface area contributed by atoms with Crippen LogP contribution in [0, 0.1) is 13.8 Å². The number of anilines is 1. The van der Waals surface area contributed by atoms with Gasteiger partial charge in [-0.15, -0.1) is 0 Å². The third-order valence-electron chi connectivity index (χ3n) is 5.12. The predicted octanol–water partition coefficient (Wildman–Crippen LogP) is 2.18. The van der Waals surface area contributed by atoms with Crippen LogP contribution in [0.3, 0.4) is 0 Å². The number of phenolic OH excluding ortho intramolecular Hbond substituents is 1. The van der Waals surface area contributed by atoms with Gasteiger partial charge in [-0.1, -0.05) is 12.1 Å². The van der Waals surface area contributed by atoms with Crippen molar-refractivity contribution >= 4 is 23.1 Å². The largest absolute Gasteiger partial charge is 0.508 e. The summed E-state index contributed by atoms with van der Waals surface area (Å²) in [6.07, 6.45) is 5.09. The summed E-state index contributed by atoms with van der Waals surface area (Å²) in [5.41, 5.74) is 9.58. The SMILES string of the molecule is Cc1nc2c(C(N)=O)cnn2c(C)c1CCC(=O)Nc1cnc(-c2cccc(O)c2)nc1. The third kappa shape index (κ3) is 4.10. The molecule has 0 spiro atoms. The number of hydrogen-bond donors (Lipinski definition) is 3. The zero-order valence-corrected chi connectivity index (χ0v) is 17.5. The van der Waals surface area contributed by atoms with E-state index in [0.717, 1.165) is 11.3 Å². The van der Waals surface area contributed by atoms with Gasteiger partial charge in [-0.05, 0) is 38.0 Å². The summed E-state index contributed by atoms with van der Waals surface area (Å²) in [7, 11) is 0. The summed E-state index contributed by atoms with van der Waals surface area (Å²) < 4.78 is 1.56. The molecule has 0 aliphatic heterocycles. The quantitative estimate of drug-likeness (QED) is 0.424. The molecule has 0 aliphatic rings. The first-order chi connectivity index (χ1) is 15.3. The fourth-order valence-corrected chi connectivity index (χ4v) is 3.50. The van der Waals surface area contributed by atoms with Gasteiger partial charge in [0, 0.05) is 23.4 Å². The van der Waals surface area contributed by atoms with E-state index in [2.05, 4.69) is 25.4 Å². The van der Waals surface area contributed by atoms with E-state index >= 15 is 0 Å². The summed E-state index contributed by atoms with van der Waals surface area (Å²) in [5, 5.41) is 16.6. The third-order valence-corrected chi connectivity index (χ3v) is 5.12. The van der Waals surface area contributed by atoms with Crippen LogP contribution < -0.4 is 11.1 Å². The Balaban J connectivity index is 1.44. The van der Waals surface area contributed by atoms with Gasteiger partial charge >= 0.3 is 0 Å². The van der Waals surface area contributed by atoms with Crippen LogP contribution >= 0.6 is 0 Å². The van der Waals surface area contributed by atoms with Gasteiger partial charge in [-0.3, -0.25) is 9.59 Å².